The number of methoxy groups -OCH3 is 1. The molecule has 25 heavy (non-hydrogen) atoms. The molecule has 1 N–H and O–H groups in total. The Bertz CT molecular complexity index is 981. The molecule has 0 spiro atoms. The first-order chi connectivity index (χ1) is 11.8. The summed E-state index contributed by atoms with van der Waals surface area (Å²) in [6.45, 7) is 0. The number of benzene rings is 1. The Hall–Kier alpha value is -2.55. The number of ether oxygens (including phenoxy) is 1. The Labute approximate surface area is 144 Å². The summed E-state index contributed by atoms with van der Waals surface area (Å²) in [6, 6.07) is 6.29. The normalized spacial score (nSPS) is 11.9. The number of hydrogen-bond donors (Lipinski definition) is 1. The van der Waals surface area contributed by atoms with Crippen molar-refractivity contribution in [2.45, 2.75) is 19.0 Å². The number of alkyl halides is 3. The van der Waals surface area contributed by atoms with Crippen LogP contribution in [0.4, 0.5) is 13.2 Å². The number of aromatic nitrogens is 4. The molecule has 0 saturated carbocycles. The van der Waals surface area contributed by atoms with Crippen molar-refractivity contribution >= 4 is 17.4 Å². The fraction of sp³-hybridized carbons (Fsp3) is 0.267. The van der Waals surface area contributed by atoms with E-state index in [9.17, 15) is 18.0 Å². The van der Waals surface area contributed by atoms with Crippen LogP contribution in [0.1, 0.15) is 17.1 Å². The van der Waals surface area contributed by atoms with Gasteiger partial charge >= 0.3 is 6.18 Å². The molecular formula is C15H12ClF3N4O2. The third-order valence-corrected chi connectivity index (χ3v) is 3.78. The molecule has 3 aromatic rings. The van der Waals surface area contributed by atoms with Crippen molar-refractivity contribution in [2.24, 2.45) is 0 Å². The molecular weight excluding hydrogens is 361 g/mol. The SMILES string of the molecule is COc1ccc(Cl)cc1CCc1cc(=O)n2[nH]c(C(F)(F)F)nc2n1. The van der Waals surface area contributed by atoms with Crippen molar-refractivity contribution in [3.05, 3.63) is 56.7 Å². The zero-order valence-electron chi connectivity index (χ0n) is 12.9. The fourth-order valence-electron chi connectivity index (χ4n) is 2.39. The van der Waals surface area contributed by atoms with Crippen molar-refractivity contribution < 1.29 is 17.9 Å². The molecule has 0 radical (unpaired) electrons. The van der Waals surface area contributed by atoms with Crippen LogP contribution in [0.15, 0.2) is 29.1 Å². The van der Waals surface area contributed by atoms with Gasteiger partial charge in [0, 0.05) is 11.1 Å². The van der Waals surface area contributed by atoms with Gasteiger partial charge in [0.2, 0.25) is 5.82 Å². The Morgan fingerprint density at radius 3 is 2.68 bits per heavy atom. The van der Waals surface area contributed by atoms with E-state index in [1.807, 2.05) is 5.10 Å². The van der Waals surface area contributed by atoms with E-state index >= 15 is 0 Å². The van der Waals surface area contributed by atoms with Crippen molar-refractivity contribution in [1.82, 2.24) is 19.6 Å². The van der Waals surface area contributed by atoms with Gasteiger partial charge in [0.1, 0.15) is 5.75 Å². The van der Waals surface area contributed by atoms with Gasteiger partial charge in [-0.15, -0.1) is 0 Å². The summed E-state index contributed by atoms with van der Waals surface area (Å²) >= 11 is 5.96. The highest BCUT2D eigenvalue weighted by Crippen LogP contribution is 2.26. The average molecular weight is 373 g/mol. The topological polar surface area (TPSA) is 72.3 Å². The molecule has 0 fully saturated rings. The number of aromatic amines is 1. The van der Waals surface area contributed by atoms with Gasteiger partial charge in [-0.1, -0.05) is 11.6 Å². The number of halogens is 4. The maximum absolute atomic E-state index is 12.7. The van der Waals surface area contributed by atoms with E-state index in [4.69, 9.17) is 16.3 Å². The second-order valence-electron chi connectivity index (χ2n) is 5.25. The van der Waals surface area contributed by atoms with Crippen LogP contribution in [0.5, 0.6) is 5.75 Å². The van der Waals surface area contributed by atoms with E-state index in [0.717, 1.165) is 5.56 Å². The first-order valence-electron chi connectivity index (χ1n) is 7.16. The summed E-state index contributed by atoms with van der Waals surface area (Å²) in [4.78, 5) is 19.3. The molecule has 0 aliphatic carbocycles. The fourth-order valence-corrected chi connectivity index (χ4v) is 2.58. The van der Waals surface area contributed by atoms with E-state index in [1.165, 1.54) is 13.2 Å². The minimum absolute atomic E-state index is 0.316. The first kappa shape index (κ1) is 17.3. The van der Waals surface area contributed by atoms with Crippen LogP contribution in [-0.2, 0) is 19.0 Å². The van der Waals surface area contributed by atoms with Crippen LogP contribution in [0, 0.1) is 0 Å². The largest absolute Gasteiger partial charge is 0.496 e. The number of fused-ring (bicyclic) bond motifs is 1. The van der Waals surface area contributed by atoms with Gasteiger partial charge in [-0.25, -0.2) is 4.98 Å². The van der Waals surface area contributed by atoms with Crippen molar-refractivity contribution in [3.63, 3.8) is 0 Å². The first-order valence-corrected chi connectivity index (χ1v) is 7.54. The van der Waals surface area contributed by atoms with Gasteiger partial charge < -0.3 is 4.74 Å². The molecule has 0 aliphatic rings. The van der Waals surface area contributed by atoms with Gasteiger partial charge in [0.25, 0.3) is 11.3 Å². The lowest BCUT2D eigenvalue weighted by Crippen LogP contribution is -2.17. The lowest BCUT2D eigenvalue weighted by Gasteiger charge is -2.08. The summed E-state index contributed by atoms with van der Waals surface area (Å²) in [6.07, 6.45) is -3.92. The highest BCUT2D eigenvalue weighted by Gasteiger charge is 2.35. The smallest absolute Gasteiger partial charge is 0.451 e. The van der Waals surface area contributed by atoms with Crippen molar-refractivity contribution in [1.29, 1.82) is 0 Å². The summed E-state index contributed by atoms with van der Waals surface area (Å²) < 4.78 is 44.0. The summed E-state index contributed by atoms with van der Waals surface area (Å²) in [5.41, 5.74) is 0.461. The van der Waals surface area contributed by atoms with E-state index in [1.54, 1.807) is 18.2 Å². The van der Waals surface area contributed by atoms with Gasteiger partial charge in [0.15, 0.2) is 0 Å². The Balaban J connectivity index is 1.90. The zero-order valence-corrected chi connectivity index (χ0v) is 13.6. The van der Waals surface area contributed by atoms with Crippen molar-refractivity contribution in [2.75, 3.05) is 7.11 Å². The standard InChI is InChI=1S/C15H12ClF3N4O2/c1-25-11-5-3-9(16)6-8(11)2-4-10-7-12(24)23-14(20-10)21-13(22-23)15(17,18)19/h3,5-7H,2,4H2,1H3,(H,20,21,22). The van der Waals surface area contributed by atoms with Crippen LogP contribution in [0.3, 0.4) is 0 Å². The number of H-pyrrole nitrogens is 1. The van der Waals surface area contributed by atoms with Crippen LogP contribution >= 0.6 is 11.6 Å². The lowest BCUT2D eigenvalue weighted by atomic mass is 10.1. The predicted molar refractivity (Wildman–Crippen MR) is 84.0 cm³/mol. The molecule has 0 amide bonds. The number of nitrogens with one attached hydrogen (secondary N) is 1. The van der Waals surface area contributed by atoms with Crippen molar-refractivity contribution in [3.8, 4) is 5.75 Å². The molecule has 2 aromatic heterocycles. The van der Waals surface area contributed by atoms with E-state index in [0.29, 0.717) is 33.8 Å². The van der Waals surface area contributed by atoms with Gasteiger partial charge in [-0.3, -0.25) is 9.89 Å². The highest BCUT2D eigenvalue weighted by atomic mass is 35.5. The minimum Gasteiger partial charge on any atom is -0.496 e. The van der Waals surface area contributed by atoms with Gasteiger partial charge in [-0.2, -0.15) is 22.7 Å². The Morgan fingerprint density at radius 2 is 2.00 bits per heavy atom. The van der Waals surface area contributed by atoms with Gasteiger partial charge in [0.05, 0.1) is 12.8 Å². The third-order valence-electron chi connectivity index (χ3n) is 3.55. The quantitative estimate of drug-likeness (QED) is 0.764. The molecule has 1 aromatic carbocycles. The molecule has 0 aliphatic heterocycles. The number of hydrogen-bond acceptors (Lipinski definition) is 4. The molecule has 132 valence electrons. The average Bonchev–Trinajstić information content (AvgIpc) is 2.98. The third kappa shape index (κ3) is 3.60. The maximum Gasteiger partial charge on any atom is 0.451 e. The number of aryl methyl sites for hydroxylation is 2. The molecule has 2 heterocycles. The monoisotopic (exact) mass is 372 g/mol. The summed E-state index contributed by atoms with van der Waals surface area (Å²) in [7, 11) is 1.52. The van der Waals surface area contributed by atoms with Crippen LogP contribution < -0.4 is 10.3 Å². The lowest BCUT2D eigenvalue weighted by molar-refractivity contribution is -0.144. The molecule has 3 rings (SSSR count). The highest BCUT2D eigenvalue weighted by molar-refractivity contribution is 6.30. The van der Waals surface area contributed by atoms with E-state index < -0.39 is 17.6 Å². The summed E-state index contributed by atoms with van der Waals surface area (Å²) in [5, 5.41) is 2.43. The van der Waals surface area contributed by atoms with Gasteiger partial charge in [-0.05, 0) is 36.6 Å². The number of rotatable bonds is 4. The van der Waals surface area contributed by atoms with E-state index in [2.05, 4.69) is 9.97 Å². The predicted octanol–water partition coefficient (Wildman–Crippen LogP) is 2.88. The molecule has 6 nitrogen and oxygen atoms in total. The minimum atomic E-state index is -4.69. The Kier molecular flexibility index (Phi) is 4.42. The van der Waals surface area contributed by atoms with Crippen LogP contribution in [0.25, 0.3) is 5.78 Å². The maximum atomic E-state index is 12.7. The second-order valence-corrected chi connectivity index (χ2v) is 5.68. The zero-order chi connectivity index (χ0) is 18.2. The molecule has 0 saturated heterocycles. The van der Waals surface area contributed by atoms with E-state index in [-0.39, 0.29) is 5.78 Å². The molecule has 0 atom stereocenters. The number of nitrogens with zero attached hydrogens (tertiary/aromatic N) is 3. The second kappa shape index (κ2) is 6.40. The molecule has 10 heteroatoms. The summed E-state index contributed by atoms with van der Waals surface area (Å²) in [5.74, 6) is -0.972. The van der Waals surface area contributed by atoms with Crippen LogP contribution in [0.2, 0.25) is 5.02 Å². The van der Waals surface area contributed by atoms with Crippen LogP contribution in [-0.4, -0.2) is 26.7 Å². The molecule has 0 bridgehead atoms. The Morgan fingerprint density at radius 1 is 1.24 bits per heavy atom. The molecule has 0 unspecified atom stereocenters.